The van der Waals surface area contributed by atoms with E-state index in [4.69, 9.17) is 11.6 Å². The molecule has 1 fully saturated rings. The lowest BCUT2D eigenvalue weighted by Gasteiger charge is -2.33. The van der Waals surface area contributed by atoms with Gasteiger partial charge in [-0.15, -0.1) is 11.8 Å². The molecule has 4 nitrogen and oxygen atoms in total. The summed E-state index contributed by atoms with van der Waals surface area (Å²) in [6.45, 7) is 2.33. The third-order valence-corrected chi connectivity index (χ3v) is 8.49. The summed E-state index contributed by atoms with van der Waals surface area (Å²) >= 11 is 7.51. The van der Waals surface area contributed by atoms with E-state index in [-0.39, 0.29) is 35.2 Å². The summed E-state index contributed by atoms with van der Waals surface area (Å²) in [6, 6.07) is 21.9. The molecule has 2 amide bonds. The van der Waals surface area contributed by atoms with Gasteiger partial charge in [0.1, 0.15) is 11.9 Å². The molecular weight excluding hydrogens is 531 g/mol. The predicted molar refractivity (Wildman–Crippen MR) is 158 cm³/mol. The van der Waals surface area contributed by atoms with Crippen LogP contribution in [0.15, 0.2) is 72.8 Å². The number of halogens is 2. The zero-order chi connectivity index (χ0) is 27.6. The standard InChI is InChI=1S/C32H36ClFN2O2S/c1-23-10-8-13-25(18-23)20-36(31(37)22-39-21-27-28(33)16-9-17-29(27)34)30(19-24-11-4-2-5-12-24)32(38)35-26-14-6-3-7-15-26/h2,4-5,8-13,16-18,26,30H,3,6-7,14-15,19-22H2,1H3,(H,35,38)/t30-/m0/s1. The van der Waals surface area contributed by atoms with Gasteiger partial charge < -0.3 is 10.2 Å². The van der Waals surface area contributed by atoms with Crippen LogP contribution in [0, 0.1) is 12.7 Å². The fraction of sp³-hybridized carbons (Fsp3) is 0.375. The Bertz CT molecular complexity index is 1230. The highest BCUT2D eigenvalue weighted by Crippen LogP contribution is 2.25. The van der Waals surface area contributed by atoms with Crippen LogP contribution in [0.3, 0.4) is 0 Å². The number of benzene rings is 3. The van der Waals surface area contributed by atoms with Crippen molar-refractivity contribution in [3.8, 4) is 0 Å². The number of hydrogen-bond donors (Lipinski definition) is 1. The van der Waals surface area contributed by atoms with E-state index in [2.05, 4.69) is 5.32 Å². The minimum atomic E-state index is -0.667. The van der Waals surface area contributed by atoms with E-state index in [1.165, 1.54) is 24.2 Å². The van der Waals surface area contributed by atoms with Crippen molar-refractivity contribution in [2.75, 3.05) is 5.75 Å². The summed E-state index contributed by atoms with van der Waals surface area (Å²) < 4.78 is 14.3. The monoisotopic (exact) mass is 566 g/mol. The highest BCUT2D eigenvalue weighted by atomic mass is 35.5. The van der Waals surface area contributed by atoms with Gasteiger partial charge in [0.25, 0.3) is 0 Å². The van der Waals surface area contributed by atoms with Crippen molar-refractivity contribution in [2.45, 2.75) is 69.8 Å². The molecule has 0 unspecified atom stereocenters. The first-order chi connectivity index (χ1) is 18.9. The molecule has 4 rings (SSSR count). The van der Waals surface area contributed by atoms with Crippen molar-refractivity contribution in [3.05, 3.63) is 106 Å². The second-order valence-electron chi connectivity index (χ2n) is 10.3. The van der Waals surface area contributed by atoms with Crippen LogP contribution in [0.4, 0.5) is 4.39 Å². The number of thioether (sulfide) groups is 1. The third kappa shape index (κ3) is 8.58. The number of rotatable bonds is 11. The van der Waals surface area contributed by atoms with Crippen molar-refractivity contribution in [3.63, 3.8) is 0 Å². The Balaban J connectivity index is 1.58. The second kappa shape index (κ2) is 14.5. The molecule has 39 heavy (non-hydrogen) atoms. The minimum Gasteiger partial charge on any atom is -0.352 e. The molecule has 0 bridgehead atoms. The van der Waals surface area contributed by atoms with Gasteiger partial charge in [-0.2, -0.15) is 0 Å². The fourth-order valence-electron chi connectivity index (χ4n) is 5.10. The number of aryl methyl sites for hydroxylation is 1. The van der Waals surface area contributed by atoms with Crippen LogP contribution in [-0.2, 0) is 28.3 Å². The number of hydrogen-bond acceptors (Lipinski definition) is 3. The molecule has 3 aromatic carbocycles. The van der Waals surface area contributed by atoms with Gasteiger partial charge in [-0.1, -0.05) is 97.1 Å². The summed E-state index contributed by atoms with van der Waals surface area (Å²) in [5.74, 6) is -0.276. The molecule has 0 spiro atoms. The molecule has 1 aliphatic rings. The highest BCUT2D eigenvalue weighted by Gasteiger charge is 2.32. The first-order valence-corrected chi connectivity index (χ1v) is 15.1. The number of carbonyl (C=O) groups is 2. The maximum atomic E-state index is 14.3. The van der Waals surface area contributed by atoms with Crippen LogP contribution in [0.2, 0.25) is 5.02 Å². The van der Waals surface area contributed by atoms with Crippen molar-refractivity contribution in [1.82, 2.24) is 10.2 Å². The van der Waals surface area contributed by atoms with Crippen LogP contribution < -0.4 is 5.32 Å². The summed E-state index contributed by atoms with van der Waals surface area (Å²) in [5.41, 5.74) is 3.44. The Morgan fingerprint density at radius 1 is 1.00 bits per heavy atom. The van der Waals surface area contributed by atoms with Gasteiger partial charge in [0, 0.05) is 35.3 Å². The molecule has 3 aromatic rings. The number of nitrogens with zero attached hydrogens (tertiary/aromatic N) is 1. The van der Waals surface area contributed by atoms with Crippen molar-refractivity contribution in [1.29, 1.82) is 0 Å². The molecule has 0 aromatic heterocycles. The maximum absolute atomic E-state index is 14.3. The van der Waals surface area contributed by atoms with Gasteiger partial charge >= 0.3 is 0 Å². The summed E-state index contributed by atoms with van der Waals surface area (Å²) in [6.07, 6.45) is 5.76. The third-order valence-electron chi connectivity index (χ3n) is 7.19. The first kappa shape index (κ1) is 29.2. The molecule has 7 heteroatoms. The molecule has 1 atom stereocenters. The van der Waals surface area contributed by atoms with Crippen LogP contribution >= 0.6 is 23.4 Å². The summed E-state index contributed by atoms with van der Waals surface area (Å²) in [4.78, 5) is 29.3. The van der Waals surface area contributed by atoms with Crippen molar-refractivity contribution in [2.24, 2.45) is 0 Å². The van der Waals surface area contributed by atoms with Gasteiger partial charge in [0.05, 0.1) is 5.75 Å². The van der Waals surface area contributed by atoms with Crippen molar-refractivity contribution >= 4 is 35.2 Å². The van der Waals surface area contributed by atoms with Crippen LogP contribution in [0.1, 0.15) is 54.4 Å². The van der Waals surface area contributed by atoms with E-state index >= 15 is 0 Å². The Morgan fingerprint density at radius 2 is 1.72 bits per heavy atom. The van der Waals surface area contributed by atoms with E-state index in [1.54, 1.807) is 17.0 Å². The number of amides is 2. The van der Waals surface area contributed by atoms with Crippen LogP contribution in [-0.4, -0.2) is 34.6 Å². The van der Waals surface area contributed by atoms with Gasteiger partial charge in [0.2, 0.25) is 11.8 Å². The molecule has 1 saturated carbocycles. The Hall–Kier alpha value is -2.83. The van der Waals surface area contributed by atoms with E-state index in [1.807, 2.05) is 61.5 Å². The molecular formula is C32H36ClFN2O2S. The van der Waals surface area contributed by atoms with Gasteiger partial charge in [0.15, 0.2) is 0 Å². The predicted octanol–water partition coefficient (Wildman–Crippen LogP) is 7.11. The van der Waals surface area contributed by atoms with E-state index in [9.17, 15) is 14.0 Å². The average Bonchev–Trinajstić information content (AvgIpc) is 2.93. The average molecular weight is 567 g/mol. The molecule has 0 heterocycles. The fourth-order valence-corrected chi connectivity index (χ4v) is 6.35. The number of nitrogens with one attached hydrogen (secondary N) is 1. The van der Waals surface area contributed by atoms with Crippen LogP contribution in [0.25, 0.3) is 0 Å². The lowest BCUT2D eigenvalue weighted by Crippen LogP contribution is -2.53. The lowest BCUT2D eigenvalue weighted by molar-refractivity contribution is -0.139. The molecule has 206 valence electrons. The van der Waals surface area contributed by atoms with Gasteiger partial charge in [-0.25, -0.2) is 4.39 Å². The molecule has 0 radical (unpaired) electrons. The zero-order valence-electron chi connectivity index (χ0n) is 22.4. The Kier molecular flexibility index (Phi) is 10.9. The van der Waals surface area contributed by atoms with Crippen LogP contribution in [0.5, 0.6) is 0 Å². The maximum Gasteiger partial charge on any atom is 0.243 e. The zero-order valence-corrected chi connectivity index (χ0v) is 23.9. The summed E-state index contributed by atoms with van der Waals surface area (Å²) in [7, 11) is 0. The largest absolute Gasteiger partial charge is 0.352 e. The minimum absolute atomic E-state index is 0.110. The molecule has 0 saturated heterocycles. The first-order valence-electron chi connectivity index (χ1n) is 13.6. The Morgan fingerprint density at radius 3 is 2.44 bits per heavy atom. The number of carbonyl (C=O) groups excluding carboxylic acids is 2. The smallest absolute Gasteiger partial charge is 0.243 e. The highest BCUT2D eigenvalue weighted by molar-refractivity contribution is 7.99. The SMILES string of the molecule is Cc1cccc(CN(C(=O)CSCc2c(F)cccc2Cl)[C@@H](Cc2ccccc2)C(=O)NC2CCCCC2)c1. The quantitative estimate of drug-likeness (QED) is 0.269. The molecule has 1 aliphatic carbocycles. The van der Waals surface area contributed by atoms with Gasteiger partial charge in [-0.3, -0.25) is 9.59 Å². The Labute approximate surface area is 240 Å². The molecule has 0 aliphatic heterocycles. The summed E-state index contributed by atoms with van der Waals surface area (Å²) in [5, 5.41) is 3.61. The van der Waals surface area contributed by atoms with E-state index in [0.717, 1.165) is 42.4 Å². The van der Waals surface area contributed by atoms with E-state index < -0.39 is 6.04 Å². The lowest BCUT2D eigenvalue weighted by atomic mass is 9.94. The second-order valence-corrected chi connectivity index (χ2v) is 11.6. The van der Waals surface area contributed by atoms with Crippen molar-refractivity contribution < 1.29 is 14.0 Å². The topological polar surface area (TPSA) is 49.4 Å². The van der Waals surface area contributed by atoms with E-state index in [0.29, 0.717) is 23.6 Å². The van der Waals surface area contributed by atoms with Gasteiger partial charge in [-0.05, 0) is 43.0 Å². The molecule has 1 N–H and O–H groups in total. The normalized spacial score (nSPS) is 14.5.